The van der Waals surface area contributed by atoms with Crippen LogP contribution in [0.5, 0.6) is 5.75 Å². The number of hydrogen-bond acceptors (Lipinski definition) is 2. The van der Waals surface area contributed by atoms with Crippen molar-refractivity contribution in [2.24, 2.45) is 5.73 Å². The molecule has 0 heterocycles. The van der Waals surface area contributed by atoms with Gasteiger partial charge in [-0.1, -0.05) is 6.07 Å². The first-order chi connectivity index (χ1) is 8.06. The van der Waals surface area contributed by atoms with Crippen molar-refractivity contribution in [2.45, 2.75) is 52.1 Å². The summed E-state index contributed by atoms with van der Waals surface area (Å²) in [6, 6.07) is 4.36. The largest absolute Gasteiger partial charge is 0.487 e. The van der Waals surface area contributed by atoms with Crippen LogP contribution in [0.25, 0.3) is 0 Å². The zero-order chi connectivity index (χ0) is 12.5. The van der Waals surface area contributed by atoms with Crippen molar-refractivity contribution < 1.29 is 4.74 Å². The molecule has 2 heteroatoms. The molecule has 0 aliphatic heterocycles. The van der Waals surface area contributed by atoms with E-state index in [0.29, 0.717) is 6.54 Å². The first kappa shape index (κ1) is 12.4. The van der Waals surface area contributed by atoms with E-state index in [1.54, 1.807) is 0 Å². The van der Waals surface area contributed by atoms with Gasteiger partial charge in [0.05, 0.1) is 0 Å². The summed E-state index contributed by atoms with van der Waals surface area (Å²) in [6.07, 6.45) is 4.54. The minimum absolute atomic E-state index is 0.0275. The number of benzene rings is 1. The van der Waals surface area contributed by atoms with Gasteiger partial charge in [-0.3, -0.25) is 0 Å². The van der Waals surface area contributed by atoms with Gasteiger partial charge in [0, 0.05) is 0 Å². The van der Waals surface area contributed by atoms with Gasteiger partial charge in [-0.25, -0.2) is 0 Å². The lowest BCUT2D eigenvalue weighted by Gasteiger charge is -2.42. The average Bonchev–Trinajstić information content (AvgIpc) is 2.22. The zero-order valence-electron chi connectivity index (χ0n) is 11.2. The molecule has 1 aromatic rings. The molecule has 1 aliphatic carbocycles. The highest BCUT2D eigenvalue weighted by Gasteiger charge is 2.38. The minimum atomic E-state index is 0.0275. The Kier molecular flexibility index (Phi) is 3.43. The number of rotatable bonds is 4. The molecule has 0 unspecified atom stereocenters. The summed E-state index contributed by atoms with van der Waals surface area (Å²) in [5.41, 5.74) is 9.56. The summed E-state index contributed by atoms with van der Waals surface area (Å²) in [5, 5.41) is 0. The maximum absolute atomic E-state index is 6.29. The highest BCUT2D eigenvalue weighted by Crippen LogP contribution is 2.40. The van der Waals surface area contributed by atoms with Gasteiger partial charge >= 0.3 is 0 Å². The second-order valence-corrected chi connectivity index (χ2v) is 5.38. The van der Waals surface area contributed by atoms with Crippen LogP contribution in [0.2, 0.25) is 0 Å². The fourth-order valence-corrected chi connectivity index (χ4v) is 2.58. The van der Waals surface area contributed by atoms with Crippen LogP contribution in [0.3, 0.4) is 0 Å². The quantitative estimate of drug-likeness (QED) is 0.866. The lowest BCUT2D eigenvalue weighted by atomic mass is 9.77. The fourth-order valence-electron chi connectivity index (χ4n) is 2.58. The first-order valence-electron chi connectivity index (χ1n) is 6.53. The average molecular weight is 233 g/mol. The Labute approximate surface area is 104 Å². The van der Waals surface area contributed by atoms with Crippen LogP contribution in [0.15, 0.2) is 12.1 Å². The van der Waals surface area contributed by atoms with Crippen LogP contribution in [0, 0.1) is 20.8 Å². The van der Waals surface area contributed by atoms with Crippen LogP contribution in [0.1, 0.15) is 42.4 Å². The summed E-state index contributed by atoms with van der Waals surface area (Å²) in [7, 11) is 0. The molecule has 0 atom stereocenters. The minimum Gasteiger partial charge on any atom is -0.487 e. The van der Waals surface area contributed by atoms with Crippen molar-refractivity contribution >= 4 is 0 Å². The molecule has 1 aliphatic rings. The summed E-state index contributed by atoms with van der Waals surface area (Å²) >= 11 is 0. The smallest absolute Gasteiger partial charge is 0.123 e. The van der Waals surface area contributed by atoms with E-state index >= 15 is 0 Å². The van der Waals surface area contributed by atoms with Crippen molar-refractivity contribution in [1.29, 1.82) is 0 Å². The van der Waals surface area contributed by atoms with Gasteiger partial charge in [0.15, 0.2) is 0 Å². The zero-order valence-corrected chi connectivity index (χ0v) is 11.2. The maximum Gasteiger partial charge on any atom is 0.123 e. The number of aryl methyl sites for hydroxylation is 2. The Hall–Kier alpha value is -1.02. The Morgan fingerprint density at radius 1 is 1.24 bits per heavy atom. The van der Waals surface area contributed by atoms with Crippen LogP contribution >= 0.6 is 0 Å². The summed E-state index contributed by atoms with van der Waals surface area (Å²) in [6.45, 7) is 7.12. The summed E-state index contributed by atoms with van der Waals surface area (Å²) in [4.78, 5) is 0. The molecule has 0 bridgehead atoms. The van der Waals surface area contributed by atoms with Crippen LogP contribution < -0.4 is 10.5 Å². The third-order valence-corrected chi connectivity index (χ3v) is 3.96. The van der Waals surface area contributed by atoms with E-state index in [9.17, 15) is 0 Å². The molecule has 2 N–H and O–H groups in total. The van der Waals surface area contributed by atoms with Crippen molar-refractivity contribution in [3.63, 3.8) is 0 Å². The van der Waals surface area contributed by atoms with Gasteiger partial charge in [-0.15, -0.1) is 0 Å². The molecule has 2 rings (SSSR count). The Morgan fingerprint density at radius 3 is 2.47 bits per heavy atom. The second-order valence-electron chi connectivity index (χ2n) is 5.38. The van der Waals surface area contributed by atoms with Gasteiger partial charge in [0.25, 0.3) is 0 Å². The van der Waals surface area contributed by atoms with E-state index in [0.717, 1.165) is 25.0 Å². The molecule has 17 heavy (non-hydrogen) atoms. The van der Waals surface area contributed by atoms with Crippen molar-refractivity contribution in [2.75, 3.05) is 6.54 Å². The van der Waals surface area contributed by atoms with E-state index in [-0.39, 0.29) is 5.60 Å². The van der Waals surface area contributed by atoms with Gasteiger partial charge in [0.1, 0.15) is 11.4 Å². The van der Waals surface area contributed by atoms with E-state index in [4.69, 9.17) is 10.5 Å². The number of hydrogen-bond donors (Lipinski definition) is 1. The fraction of sp³-hybridized carbons (Fsp3) is 0.600. The Bertz CT molecular complexity index is 408. The van der Waals surface area contributed by atoms with Gasteiger partial charge in [0.2, 0.25) is 0 Å². The molecule has 2 nitrogen and oxygen atoms in total. The maximum atomic E-state index is 6.29. The number of nitrogens with two attached hydrogens (primary N) is 1. The lowest BCUT2D eigenvalue weighted by molar-refractivity contribution is -0.0131. The van der Waals surface area contributed by atoms with E-state index in [2.05, 4.69) is 32.9 Å². The van der Waals surface area contributed by atoms with Gasteiger partial charge in [-0.05, 0) is 75.8 Å². The topological polar surface area (TPSA) is 35.2 Å². The molecule has 1 aromatic carbocycles. The molecule has 1 fully saturated rings. The predicted octanol–water partition coefficient (Wildman–Crippen LogP) is 3.26. The number of ether oxygens (including phenoxy) is 1. The highest BCUT2D eigenvalue weighted by molar-refractivity contribution is 5.42. The molecular formula is C15H23NO. The normalized spacial score (nSPS) is 17.6. The Morgan fingerprint density at radius 2 is 1.94 bits per heavy atom. The molecule has 0 radical (unpaired) electrons. The highest BCUT2D eigenvalue weighted by atomic mass is 16.5. The van der Waals surface area contributed by atoms with Crippen LogP contribution in [-0.4, -0.2) is 12.1 Å². The standard InChI is InChI=1S/C15H23NO/c1-11-9-12(2)13(3)14(10-11)17-15(7-8-16)5-4-6-15/h9-10H,4-8,16H2,1-3H3. The molecule has 0 amide bonds. The predicted molar refractivity (Wildman–Crippen MR) is 71.5 cm³/mol. The Balaban J connectivity index is 2.23. The van der Waals surface area contributed by atoms with Crippen molar-refractivity contribution in [3.8, 4) is 5.75 Å². The molecular weight excluding hydrogens is 210 g/mol. The SMILES string of the molecule is Cc1cc(C)c(C)c(OC2(CCN)CCC2)c1. The molecule has 1 saturated carbocycles. The van der Waals surface area contributed by atoms with Crippen molar-refractivity contribution in [3.05, 3.63) is 28.8 Å². The van der Waals surface area contributed by atoms with Crippen molar-refractivity contribution in [1.82, 2.24) is 0 Å². The van der Waals surface area contributed by atoms with Gasteiger partial charge < -0.3 is 10.5 Å². The molecule has 0 spiro atoms. The molecule has 0 saturated heterocycles. The van der Waals surface area contributed by atoms with E-state index < -0.39 is 0 Å². The first-order valence-corrected chi connectivity index (χ1v) is 6.53. The van der Waals surface area contributed by atoms with E-state index in [1.807, 2.05) is 0 Å². The lowest BCUT2D eigenvalue weighted by Crippen LogP contribution is -2.45. The van der Waals surface area contributed by atoms with Crippen LogP contribution in [0.4, 0.5) is 0 Å². The van der Waals surface area contributed by atoms with Gasteiger partial charge in [-0.2, -0.15) is 0 Å². The molecule has 94 valence electrons. The second kappa shape index (κ2) is 4.69. The monoisotopic (exact) mass is 233 g/mol. The summed E-state index contributed by atoms with van der Waals surface area (Å²) in [5.74, 6) is 1.05. The third kappa shape index (κ3) is 2.47. The third-order valence-electron chi connectivity index (χ3n) is 3.96. The van der Waals surface area contributed by atoms with Crippen LogP contribution in [-0.2, 0) is 0 Å². The van der Waals surface area contributed by atoms with E-state index in [1.165, 1.54) is 23.1 Å². The summed E-state index contributed by atoms with van der Waals surface area (Å²) < 4.78 is 6.29. The molecule has 0 aromatic heterocycles.